The third-order valence-corrected chi connectivity index (χ3v) is 7.06. The van der Waals surface area contributed by atoms with Gasteiger partial charge in [0.05, 0.1) is 27.7 Å². The maximum Gasteiger partial charge on any atom is 0.343 e. The van der Waals surface area contributed by atoms with Gasteiger partial charge in [-0.25, -0.2) is 9.78 Å². The molecular formula is C28H15Br2Cl2N3O3. The number of benzene rings is 4. The molecule has 0 spiro atoms. The lowest BCUT2D eigenvalue weighted by Crippen LogP contribution is -2.20. The first kappa shape index (κ1) is 26.3. The van der Waals surface area contributed by atoms with Crippen LogP contribution in [-0.2, 0) is 0 Å². The van der Waals surface area contributed by atoms with E-state index in [0.717, 1.165) is 8.95 Å². The molecule has 10 heteroatoms. The molecule has 4 aromatic carbocycles. The summed E-state index contributed by atoms with van der Waals surface area (Å²) in [6.45, 7) is 0. The van der Waals surface area contributed by atoms with Crippen molar-refractivity contribution in [2.45, 2.75) is 0 Å². The van der Waals surface area contributed by atoms with E-state index in [1.807, 2.05) is 0 Å². The molecule has 6 nitrogen and oxygen atoms in total. The molecule has 38 heavy (non-hydrogen) atoms. The third-order valence-electron chi connectivity index (χ3n) is 5.49. The average molecular weight is 672 g/mol. The molecule has 0 aliphatic carbocycles. The number of para-hydroxylation sites is 1. The summed E-state index contributed by atoms with van der Waals surface area (Å²) in [6.07, 6.45) is 1.43. The number of ether oxygens (including phenoxy) is 1. The maximum absolute atomic E-state index is 13.5. The van der Waals surface area contributed by atoms with Gasteiger partial charge >= 0.3 is 5.97 Å². The number of rotatable bonds is 5. The van der Waals surface area contributed by atoms with Crippen LogP contribution >= 0.6 is 55.1 Å². The van der Waals surface area contributed by atoms with Crippen molar-refractivity contribution in [2.75, 3.05) is 0 Å². The van der Waals surface area contributed by atoms with E-state index in [9.17, 15) is 9.59 Å². The summed E-state index contributed by atoms with van der Waals surface area (Å²) in [5.74, 6) is -0.0413. The van der Waals surface area contributed by atoms with Crippen LogP contribution in [-0.4, -0.2) is 21.8 Å². The van der Waals surface area contributed by atoms with Crippen molar-refractivity contribution < 1.29 is 9.53 Å². The molecule has 0 bridgehead atoms. The van der Waals surface area contributed by atoms with E-state index >= 15 is 0 Å². The van der Waals surface area contributed by atoms with Crippen molar-refractivity contribution >= 4 is 78.1 Å². The highest BCUT2D eigenvalue weighted by atomic mass is 79.9. The Morgan fingerprint density at radius 2 is 1.66 bits per heavy atom. The van der Waals surface area contributed by atoms with Crippen LogP contribution < -0.4 is 10.3 Å². The van der Waals surface area contributed by atoms with Crippen molar-refractivity contribution in [2.24, 2.45) is 5.10 Å². The Morgan fingerprint density at radius 1 is 0.921 bits per heavy atom. The second-order valence-electron chi connectivity index (χ2n) is 8.02. The zero-order chi connectivity index (χ0) is 26.8. The molecule has 0 N–H and O–H groups in total. The minimum atomic E-state index is -0.535. The molecular weight excluding hydrogens is 657 g/mol. The number of halogens is 4. The molecule has 0 aliphatic heterocycles. The summed E-state index contributed by atoms with van der Waals surface area (Å²) < 4.78 is 8.40. The fourth-order valence-corrected chi connectivity index (χ4v) is 4.79. The van der Waals surface area contributed by atoms with E-state index in [1.165, 1.54) is 10.9 Å². The molecule has 0 unspecified atom stereocenters. The standard InChI is InChI=1S/C28H15Br2Cl2N3O3/c29-18-7-5-16(6-8-18)28(37)38-25-12-9-19(30)13-17(25)15-33-35-26(21-11-10-20(31)14-23(21)32)34-24-4-2-1-3-22(24)27(35)36/h1-15H. The van der Waals surface area contributed by atoms with Crippen LogP contribution in [0.5, 0.6) is 5.75 Å². The Morgan fingerprint density at radius 3 is 2.42 bits per heavy atom. The van der Waals surface area contributed by atoms with E-state index in [1.54, 1.807) is 84.9 Å². The summed E-state index contributed by atoms with van der Waals surface area (Å²) in [6, 6.07) is 23.8. The predicted octanol–water partition coefficient (Wildman–Crippen LogP) is 8.00. The van der Waals surface area contributed by atoms with E-state index in [-0.39, 0.29) is 11.6 Å². The Kier molecular flexibility index (Phi) is 7.76. The molecule has 0 aliphatic rings. The van der Waals surface area contributed by atoms with Gasteiger partial charge in [0.25, 0.3) is 5.56 Å². The highest BCUT2D eigenvalue weighted by Gasteiger charge is 2.16. The van der Waals surface area contributed by atoms with E-state index in [4.69, 9.17) is 27.9 Å². The van der Waals surface area contributed by atoms with Gasteiger partial charge in [-0.15, -0.1) is 0 Å². The van der Waals surface area contributed by atoms with Gasteiger partial charge in [0.15, 0.2) is 5.82 Å². The molecule has 0 saturated carbocycles. The third kappa shape index (κ3) is 5.59. The van der Waals surface area contributed by atoms with Crippen LogP contribution in [0.25, 0.3) is 22.3 Å². The van der Waals surface area contributed by atoms with Crippen molar-refractivity contribution in [3.8, 4) is 17.1 Å². The van der Waals surface area contributed by atoms with Crippen molar-refractivity contribution in [3.05, 3.63) is 125 Å². The van der Waals surface area contributed by atoms with Crippen molar-refractivity contribution in [1.29, 1.82) is 0 Å². The largest absolute Gasteiger partial charge is 0.422 e. The lowest BCUT2D eigenvalue weighted by atomic mass is 10.2. The molecule has 0 amide bonds. The number of carbonyl (C=O) groups is 1. The molecule has 0 saturated heterocycles. The number of esters is 1. The Labute approximate surface area is 243 Å². The van der Waals surface area contributed by atoms with Gasteiger partial charge in [-0.3, -0.25) is 4.79 Å². The monoisotopic (exact) mass is 669 g/mol. The summed E-state index contributed by atoms with van der Waals surface area (Å²) in [5.41, 5.74) is 1.42. The smallest absolute Gasteiger partial charge is 0.343 e. The molecule has 1 aromatic heterocycles. The van der Waals surface area contributed by atoms with Gasteiger partial charge in [0.2, 0.25) is 0 Å². The molecule has 0 atom stereocenters. The normalized spacial score (nSPS) is 11.3. The zero-order valence-corrected chi connectivity index (χ0v) is 23.9. The van der Waals surface area contributed by atoms with Gasteiger partial charge in [-0.1, -0.05) is 67.2 Å². The first-order valence-corrected chi connectivity index (χ1v) is 13.4. The van der Waals surface area contributed by atoms with Crippen LogP contribution in [0.1, 0.15) is 15.9 Å². The topological polar surface area (TPSA) is 73.5 Å². The van der Waals surface area contributed by atoms with E-state index in [0.29, 0.717) is 37.6 Å². The molecule has 5 rings (SSSR count). The highest BCUT2D eigenvalue weighted by Crippen LogP contribution is 2.30. The minimum absolute atomic E-state index is 0.232. The molecule has 5 aromatic rings. The lowest BCUT2D eigenvalue weighted by Gasteiger charge is -2.12. The molecule has 0 fully saturated rings. The fraction of sp³-hybridized carbons (Fsp3) is 0. The zero-order valence-electron chi connectivity index (χ0n) is 19.2. The Balaban J connectivity index is 1.61. The number of hydrogen-bond acceptors (Lipinski definition) is 5. The van der Waals surface area contributed by atoms with Crippen LogP contribution in [0.15, 0.2) is 104 Å². The van der Waals surface area contributed by atoms with Gasteiger partial charge in [0, 0.05) is 25.1 Å². The van der Waals surface area contributed by atoms with Crippen molar-refractivity contribution in [1.82, 2.24) is 9.66 Å². The summed E-state index contributed by atoms with van der Waals surface area (Å²) in [4.78, 5) is 30.9. The number of nitrogens with zero attached hydrogens (tertiary/aromatic N) is 3. The molecule has 0 radical (unpaired) electrons. The van der Waals surface area contributed by atoms with Crippen LogP contribution in [0, 0.1) is 0 Å². The summed E-state index contributed by atoms with van der Waals surface area (Å²) >= 11 is 19.3. The Bertz CT molecular complexity index is 1790. The maximum atomic E-state index is 13.5. The number of aromatic nitrogens is 2. The van der Waals surface area contributed by atoms with Gasteiger partial charge in [-0.05, 0) is 72.8 Å². The van der Waals surface area contributed by atoms with E-state index < -0.39 is 11.5 Å². The Hall–Kier alpha value is -3.30. The van der Waals surface area contributed by atoms with Crippen molar-refractivity contribution in [3.63, 3.8) is 0 Å². The van der Waals surface area contributed by atoms with Crippen LogP contribution in [0.3, 0.4) is 0 Å². The minimum Gasteiger partial charge on any atom is -0.422 e. The van der Waals surface area contributed by atoms with Gasteiger partial charge in [0.1, 0.15) is 5.75 Å². The second-order valence-corrected chi connectivity index (χ2v) is 10.7. The van der Waals surface area contributed by atoms with Gasteiger partial charge < -0.3 is 4.74 Å². The number of carbonyl (C=O) groups excluding carboxylic acids is 1. The number of hydrogen-bond donors (Lipinski definition) is 0. The van der Waals surface area contributed by atoms with Gasteiger partial charge in [-0.2, -0.15) is 9.78 Å². The highest BCUT2D eigenvalue weighted by molar-refractivity contribution is 9.10. The average Bonchev–Trinajstić information content (AvgIpc) is 2.90. The molecule has 188 valence electrons. The summed E-state index contributed by atoms with van der Waals surface area (Å²) in [5, 5.41) is 5.61. The quantitative estimate of drug-likeness (QED) is 0.108. The fourth-order valence-electron chi connectivity index (χ4n) is 3.65. The predicted molar refractivity (Wildman–Crippen MR) is 158 cm³/mol. The molecule has 1 heterocycles. The number of fused-ring (bicyclic) bond motifs is 1. The van der Waals surface area contributed by atoms with Crippen LogP contribution in [0.2, 0.25) is 10.0 Å². The summed E-state index contributed by atoms with van der Waals surface area (Å²) in [7, 11) is 0. The van der Waals surface area contributed by atoms with Crippen LogP contribution in [0.4, 0.5) is 0 Å². The first-order valence-electron chi connectivity index (χ1n) is 11.1. The van der Waals surface area contributed by atoms with E-state index in [2.05, 4.69) is 41.9 Å². The SMILES string of the molecule is O=C(Oc1ccc(Br)cc1C=Nn1c(-c2ccc(Cl)cc2Cl)nc2ccccc2c1=O)c1ccc(Br)cc1. The first-order chi connectivity index (χ1) is 18.3. The lowest BCUT2D eigenvalue weighted by molar-refractivity contribution is 0.0734. The second kappa shape index (κ2) is 11.2.